The molecule has 0 heterocycles. The lowest BCUT2D eigenvalue weighted by Crippen LogP contribution is -2.34. The Balaban J connectivity index is 1.80. The molecule has 2 aromatic rings. The number of hydrogen-bond donors (Lipinski definition) is 0. The van der Waals surface area contributed by atoms with Crippen molar-refractivity contribution in [1.29, 1.82) is 0 Å². The van der Waals surface area contributed by atoms with Gasteiger partial charge in [-0.1, -0.05) is 81.4 Å². The van der Waals surface area contributed by atoms with Crippen molar-refractivity contribution in [3.8, 4) is 0 Å². The summed E-state index contributed by atoms with van der Waals surface area (Å²) >= 11 is 0. The third-order valence-electron chi connectivity index (χ3n) is 7.59. The molecule has 0 saturated heterocycles. The minimum atomic E-state index is 0.197. The number of Topliss-reactive ketones (excluding diaryl/α,β-unsaturated/α-hetero) is 1. The first kappa shape index (κ1) is 17.3. The molecular formula is C25H28O. The van der Waals surface area contributed by atoms with E-state index in [0.717, 1.165) is 29.0 Å². The molecule has 0 aliphatic heterocycles. The second-order valence-electron chi connectivity index (χ2n) is 8.87. The van der Waals surface area contributed by atoms with Gasteiger partial charge >= 0.3 is 0 Å². The summed E-state index contributed by atoms with van der Waals surface area (Å²) in [5.41, 5.74) is 3.42. The van der Waals surface area contributed by atoms with Gasteiger partial charge in [0.2, 0.25) is 0 Å². The molecule has 0 N–H and O–H groups in total. The van der Waals surface area contributed by atoms with Crippen molar-refractivity contribution in [2.75, 3.05) is 0 Å². The van der Waals surface area contributed by atoms with E-state index in [1.165, 1.54) is 12.8 Å². The average molecular weight is 344 g/mol. The van der Waals surface area contributed by atoms with Crippen molar-refractivity contribution in [2.45, 2.75) is 40.0 Å². The summed E-state index contributed by atoms with van der Waals surface area (Å²) in [7, 11) is 0. The van der Waals surface area contributed by atoms with Crippen molar-refractivity contribution < 1.29 is 4.79 Å². The van der Waals surface area contributed by atoms with Gasteiger partial charge in [-0.25, -0.2) is 0 Å². The topological polar surface area (TPSA) is 17.1 Å². The quantitative estimate of drug-likeness (QED) is 0.462. The van der Waals surface area contributed by atoms with Crippen LogP contribution in [0.4, 0.5) is 0 Å². The second kappa shape index (κ2) is 6.23. The van der Waals surface area contributed by atoms with E-state index in [1.807, 2.05) is 48.5 Å². The van der Waals surface area contributed by atoms with Gasteiger partial charge in [-0.15, -0.1) is 0 Å². The molecule has 2 aliphatic rings. The molecular weight excluding hydrogens is 316 g/mol. The number of carbonyl (C=O) groups is 1. The molecule has 0 spiro atoms. The number of hydrogen-bond acceptors (Lipinski definition) is 1. The number of rotatable bonds is 4. The summed E-state index contributed by atoms with van der Waals surface area (Å²) in [4.78, 5) is 13.5. The van der Waals surface area contributed by atoms with E-state index in [2.05, 4.69) is 39.0 Å². The fourth-order valence-electron chi connectivity index (χ4n) is 5.48. The van der Waals surface area contributed by atoms with E-state index in [-0.39, 0.29) is 11.2 Å². The van der Waals surface area contributed by atoms with Gasteiger partial charge in [0.15, 0.2) is 5.78 Å². The number of fused-ring (bicyclic) bond motifs is 2. The van der Waals surface area contributed by atoms with Gasteiger partial charge in [0.25, 0.3) is 0 Å². The zero-order valence-electron chi connectivity index (χ0n) is 16.0. The summed E-state index contributed by atoms with van der Waals surface area (Å²) in [6, 6.07) is 20.1. The summed E-state index contributed by atoms with van der Waals surface area (Å²) < 4.78 is 0. The summed E-state index contributed by atoms with van der Waals surface area (Å²) in [5, 5.41) is 0. The molecule has 26 heavy (non-hydrogen) atoms. The Morgan fingerprint density at radius 2 is 1.58 bits per heavy atom. The van der Waals surface area contributed by atoms with E-state index in [1.54, 1.807) is 0 Å². The molecule has 3 atom stereocenters. The van der Waals surface area contributed by atoms with Gasteiger partial charge in [0.1, 0.15) is 0 Å². The standard InChI is InChI=1S/C25H28O/c1-24(2)20-14-15-25(24,3)22(17-20)21(16-18-10-6-4-7-11-18)23(26)19-12-8-5-9-13-19/h4-13,16,20,22H,14-15,17H2,1-3H3/b21-16+. The van der Waals surface area contributed by atoms with E-state index < -0.39 is 0 Å². The highest BCUT2D eigenvalue weighted by Crippen LogP contribution is 2.69. The van der Waals surface area contributed by atoms with Crippen LogP contribution in [0.15, 0.2) is 66.2 Å². The van der Waals surface area contributed by atoms with Gasteiger partial charge in [0.05, 0.1) is 0 Å². The minimum Gasteiger partial charge on any atom is -0.289 e. The van der Waals surface area contributed by atoms with Gasteiger partial charge in [-0.2, -0.15) is 0 Å². The summed E-state index contributed by atoms with van der Waals surface area (Å²) in [6.07, 6.45) is 5.82. The van der Waals surface area contributed by atoms with Crippen LogP contribution in [0.2, 0.25) is 0 Å². The highest BCUT2D eigenvalue weighted by Gasteiger charge is 2.62. The largest absolute Gasteiger partial charge is 0.289 e. The van der Waals surface area contributed by atoms with Crippen LogP contribution in [-0.4, -0.2) is 5.78 Å². The van der Waals surface area contributed by atoms with Crippen LogP contribution in [0.5, 0.6) is 0 Å². The smallest absolute Gasteiger partial charge is 0.189 e. The van der Waals surface area contributed by atoms with Gasteiger partial charge in [-0.3, -0.25) is 4.79 Å². The first-order chi connectivity index (χ1) is 12.4. The molecule has 2 aromatic carbocycles. The molecule has 0 amide bonds. The Bertz CT molecular complexity index is 831. The fourth-order valence-corrected chi connectivity index (χ4v) is 5.48. The van der Waals surface area contributed by atoms with Crippen LogP contribution in [0, 0.1) is 22.7 Å². The van der Waals surface area contributed by atoms with Crippen molar-refractivity contribution in [3.63, 3.8) is 0 Å². The van der Waals surface area contributed by atoms with E-state index in [4.69, 9.17) is 0 Å². The molecule has 2 saturated carbocycles. The predicted molar refractivity (Wildman–Crippen MR) is 108 cm³/mol. The van der Waals surface area contributed by atoms with Crippen LogP contribution in [-0.2, 0) is 0 Å². The van der Waals surface area contributed by atoms with Crippen molar-refractivity contribution in [1.82, 2.24) is 0 Å². The van der Waals surface area contributed by atoms with Crippen LogP contribution in [0.1, 0.15) is 56.0 Å². The fraction of sp³-hybridized carbons (Fsp3) is 0.400. The zero-order chi connectivity index (χ0) is 18.4. The SMILES string of the molecule is CC1(C)C2CCC1(C)C(/C(=C\c1ccccc1)C(=O)c1ccccc1)C2. The molecule has 1 nitrogen and oxygen atoms in total. The van der Waals surface area contributed by atoms with E-state index in [0.29, 0.717) is 11.3 Å². The summed E-state index contributed by atoms with van der Waals surface area (Å²) in [6.45, 7) is 7.25. The van der Waals surface area contributed by atoms with Crippen LogP contribution >= 0.6 is 0 Å². The highest BCUT2D eigenvalue weighted by molar-refractivity contribution is 6.11. The molecule has 0 aromatic heterocycles. The molecule has 134 valence electrons. The Morgan fingerprint density at radius 1 is 0.962 bits per heavy atom. The Hall–Kier alpha value is -2.15. The molecule has 2 aliphatic carbocycles. The Morgan fingerprint density at radius 3 is 2.12 bits per heavy atom. The molecule has 0 radical (unpaired) electrons. The van der Waals surface area contributed by atoms with Crippen molar-refractivity contribution >= 4 is 11.9 Å². The number of ketones is 1. The normalized spacial score (nSPS) is 29.7. The lowest BCUT2D eigenvalue weighted by Gasteiger charge is -2.40. The lowest BCUT2D eigenvalue weighted by atomic mass is 9.64. The number of benzene rings is 2. The van der Waals surface area contributed by atoms with Crippen molar-refractivity contribution in [3.05, 3.63) is 77.4 Å². The minimum absolute atomic E-state index is 0.197. The van der Waals surface area contributed by atoms with Crippen LogP contribution in [0.25, 0.3) is 6.08 Å². The molecule has 3 unspecified atom stereocenters. The first-order valence-electron chi connectivity index (χ1n) is 9.80. The maximum Gasteiger partial charge on any atom is 0.189 e. The number of allylic oxidation sites excluding steroid dienone is 1. The van der Waals surface area contributed by atoms with Gasteiger partial charge in [-0.05, 0) is 53.6 Å². The zero-order valence-corrected chi connectivity index (χ0v) is 16.0. The lowest BCUT2D eigenvalue weighted by molar-refractivity contribution is 0.0935. The molecule has 4 rings (SSSR count). The first-order valence-corrected chi connectivity index (χ1v) is 9.80. The summed E-state index contributed by atoms with van der Waals surface area (Å²) in [5.74, 6) is 1.26. The van der Waals surface area contributed by atoms with E-state index in [9.17, 15) is 4.79 Å². The maximum atomic E-state index is 13.5. The molecule has 2 fully saturated rings. The third-order valence-corrected chi connectivity index (χ3v) is 7.59. The number of carbonyl (C=O) groups excluding carboxylic acids is 1. The van der Waals surface area contributed by atoms with Gasteiger partial charge < -0.3 is 0 Å². The van der Waals surface area contributed by atoms with Gasteiger partial charge in [0, 0.05) is 11.1 Å². The van der Waals surface area contributed by atoms with Crippen LogP contribution in [0.3, 0.4) is 0 Å². The van der Waals surface area contributed by atoms with Crippen LogP contribution < -0.4 is 0 Å². The van der Waals surface area contributed by atoms with E-state index >= 15 is 0 Å². The maximum absolute atomic E-state index is 13.5. The average Bonchev–Trinajstić information content (AvgIpc) is 3.00. The molecule has 2 bridgehead atoms. The third kappa shape index (κ3) is 2.57. The Labute approximate surface area is 157 Å². The Kier molecular flexibility index (Phi) is 4.14. The molecule has 1 heteroatoms. The highest BCUT2D eigenvalue weighted by atomic mass is 16.1. The second-order valence-corrected chi connectivity index (χ2v) is 8.87. The monoisotopic (exact) mass is 344 g/mol. The predicted octanol–water partition coefficient (Wildman–Crippen LogP) is 6.42. The van der Waals surface area contributed by atoms with Crippen molar-refractivity contribution in [2.24, 2.45) is 22.7 Å².